The molecule has 0 spiro atoms. The molecule has 0 amide bonds. The lowest BCUT2D eigenvalue weighted by atomic mass is 10.1. The van der Waals surface area contributed by atoms with E-state index in [1.807, 2.05) is 18.2 Å². The Morgan fingerprint density at radius 3 is 2.56 bits per heavy atom. The zero-order valence-corrected chi connectivity index (χ0v) is 13.4. The number of rotatable bonds is 3. The molecule has 1 fully saturated rings. The lowest BCUT2D eigenvalue weighted by molar-refractivity contribution is 0.209. The van der Waals surface area contributed by atoms with Crippen LogP contribution in [0.5, 0.6) is 0 Å². The maximum Gasteiger partial charge on any atom is 0.0465 e. The van der Waals surface area contributed by atoms with E-state index < -0.39 is 0 Å². The quantitative estimate of drug-likeness (QED) is 0.683. The standard InChI is InChI=1S/C14H18BrCl2N/c15-9-11-5-2-1-3-8-18(11)10-12-13(16)6-4-7-14(12)17/h4,6-7,11H,1-3,5,8-10H2. The highest BCUT2D eigenvalue weighted by molar-refractivity contribution is 9.09. The molecule has 1 aromatic carbocycles. The van der Waals surface area contributed by atoms with Gasteiger partial charge in [0.15, 0.2) is 0 Å². The third kappa shape index (κ3) is 3.63. The fourth-order valence-electron chi connectivity index (χ4n) is 2.51. The number of halogens is 3. The second-order valence-corrected chi connectivity index (χ2v) is 6.29. The molecule has 1 atom stereocenters. The highest BCUT2D eigenvalue weighted by atomic mass is 79.9. The smallest absolute Gasteiger partial charge is 0.0465 e. The zero-order valence-electron chi connectivity index (χ0n) is 10.3. The highest BCUT2D eigenvalue weighted by Gasteiger charge is 2.21. The SMILES string of the molecule is Clc1cccc(Cl)c1CN1CCCCCC1CBr. The molecule has 1 aromatic rings. The Balaban J connectivity index is 2.15. The fourth-order valence-corrected chi connectivity index (χ4v) is 3.76. The first-order valence-electron chi connectivity index (χ1n) is 6.45. The predicted octanol–water partition coefficient (Wildman–Crippen LogP) is 5.13. The second-order valence-electron chi connectivity index (χ2n) is 4.83. The molecule has 0 saturated carbocycles. The normalized spacial score (nSPS) is 21.8. The number of hydrogen-bond donors (Lipinski definition) is 0. The molecular formula is C14H18BrCl2N. The molecule has 1 unspecified atom stereocenters. The molecule has 4 heteroatoms. The van der Waals surface area contributed by atoms with Crippen LogP contribution < -0.4 is 0 Å². The van der Waals surface area contributed by atoms with Crippen LogP contribution in [0.3, 0.4) is 0 Å². The Morgan fingerprint density at radius 1 is 1.17 bits per heavy atom. The molecule has 1 aliphatic rings. The first kappa shape index (κ1) is 14.6. The van der Waals surface area contributed by atoms with Crippen molar-refractivity contribution in [2.75, 3.05) is 11.9 Å². The van der Waals surface area contributed by atoms with Gasteiger partial charge in [-0.05, 0) is 31.5 Å². The number of nitrogens with zero attached hydrogens (tertiary/aromatic N) is 1. The topological polar surface area (TPSA) is 3.24 Å². The minimum atomic E-state index is 0.597. The molecule has 0 radical (unpaired) electrons. The minimum Gasteiger partial charge on any atom is -0.295 e. The lowest BCUT2D eigenvalue weighted by Gasteiger charge is -2.29. The zero-order chi connectivity index (χ0) is 13.0. The van der Waals surface area contributed by atoms with E-state index in [0.717, 1.165) is 34.0 Å². The molecule has 1 nitrogen and oxygen atoms in total. The maximum atomic E-state index is 6.26. The van der Waals surface area contributed by atoms with Crippen molar-refractivity contribution in [3.8, 4) is 0 Å². The van der Waals surface area contributed by atoms with E-state index in [1.54, 1.807) is 0 Å². The van der Waals surface area contributed by atoms with Crippen molar-refractivity contribution >= 4 is 39.1 Å². The van der Waals surface area contributed by atoms with Crippen molar-refractivity contribution in [1.29, 1.82) is 0 Å². The summed E-state index contributed by atoms with van der Waals surface area (Å²) in [5.74, 6) is 0. The molecular weight excluding hydrogens is 333 g/mol. The van der Waals surface area contributed by atoms with Gasteiger partial charge >= 0.3 is 0 Å². The van der Waals surface area contributed by atoms with Gasteiger partial charge in [-0.2, -0.15) is 0 Å². The summed E-state index contributed by atoms with van der Waals surface area (Å²) in [5, 5.41) is 2.58. The van der Waals surface area contributed by atoms with Gasteiger partial charge in [-0.3, -0.25) is 4.90 Å². The van der Waals surface area contributed by atoms with E-state index in [-0.39, 0.29) is 0 Å². The van der Waals surface area contributed by atoms with Crippen LogP contribution in [-0.4, -0.2) is 22.8 Å². The van der Waals surface area contributed by atoms with Crippen LogP contribution in [0.2, 0.25) is 10.0 Å². The van der Waals surface area contributed by atoms with Crippen molar-refractivity contribution in [2.24, 2.45) is 0 Å². The number of likely N-dealkylation sites (tertiary alicyclic amines) is 1. The van der Waals surface area contributed by atoms with E-state index in [4.69, 9.17) is 23.2 Å². The van der Waals surface area contributed by atoms with Crippen LogP contribution in [-0.2, 0) is 6.54 Å². The van der Waals surface area contributed by atoms with Crippen molar-refractivity contribution in [1.82, 2.24) is 4.90 Å². The first-order valence-corrected chi connectivity index (χ1v) is 8.33. The molecule has 1 heterocycles. The van der Waals surface area contributed by atoms with Crippen molar-refractivity contribution in [3.05, 3.63) is 33.8 Å². The molecule has 0 aromatic heterocycles. The van der Waals surface area contributed by atoms with Gasteiger partial charge in [0.25, 0.3) is 0 Å². The van der Waals surface area contributed by atoms with Gasteiger partial charge in [-0.25, -0.2) is 0 Å². The lowest BCUT2D eigenvalue weighted by Crippen LogP contribution is -2.35. The van der Waals surface area contributed by atoms with E-state index >= 15 is 0 Å². The van der Waals surface area contributed by atoms with Crippen LogP contribution in [0.25, 0.3) is 0 Å². The van der Waals surface area contributed by atoms with Crippen LogP contribution >= 0.6 is 39.1 Å². The van der Waals surface area contributed by atoms with Crippen molar-refractivity contribution in [3.63, 3.8) is 0 Å². The van der Waals surface area contributed by atoms with Crippen molar-refractivity contribution < 1.29 is 0 Å². The summed E-state index contributed by atoms with van der Waals surface area (Å²) in [6.07, 6.45) is 5.18. The summed E-state index contributed by atoms with van der Waals surface area (Å²) < 4.78 is 0. The number of benzene rings is 1. The molecule has 18 heavy (non-hydrogen) atoms. The highest BCUT2D eigenvalue weighted by Crippen LogP contribution is 2.28. The van der Waals surface area contributed by atoms with E-state index in [9.17, 15) is 0 Å². The van der Waals surface area contributed by atoms with E-state index in [2.05, 4.69) is 20.8 Å². The predicted molar refractivity (Wildman–Crippen MR) is 82.9 cm³/mol. The third-order valence-electron chi connectivity index (χ3n) is 3.60. The Bertz CT molecular complexity index is 377. The average molecular weight is 351 g/mol. The average Bonchev–Trinajstić information content (AvgIpc) is 2.59. The van der Waals surface area contributed by atoms with Crippen molar-refractivity contribution in [2.45, 2.75) is 38.3 Å². The van der Waals surface area contributed by atoms with Crippen LogP contribution in [0.15, 0.2) is 18.2 Å². The summed E-state index contributed by atoms with van der Waals surface area (Å²) in [6, 6.07) is 6.34. The first-order chi connectivity index (χ1) is 8.72. The van der Waals surface area contributed by atoms with E-state index in [1.165, 1.54) is 25.7 Å². The Kier molecular flexibility index (Phi) is 5.81. The fraction of sp³-hybridized carbons (Fsp3) is 0.571. The Labute approximate surface area is 128 Å². The van der Waals surface area contributed by atoms with Gasteiger partial charge in [0.05, 0.1) is 0 Å². The van der Waals surface area contributed by atoms with Gasteiger partial charge in [-0.1, -0.05) is 58.0 Å². The molecule has 1 aliphatic heterocycles. The second kappa shape index (κ2) is 7.14. The summed E-state index contributed by atoms with van der Waals surface area (Å²) in [5.41, 5.74) is 1.06. The monoisotopic (exact) mass is 349 g/mol. The molecule has 1 saturated heterocycles. The largest absolute Gasteiger partial charge is 0.295 e. The Morgan fingerprint density at radius 2 is 1.89 bits per heavy atom. The summed E-state index contributed by atoms with van der Waals surface area (Å²) in [4.78, 5) is 2.51. The Hall–Kier alpha value is 0.240. The minimum absolute atomic E-state index is 0.597. The number of alkyl halides is 1. The van der Waals surface area contributed by atoms with E-state index in [0.29, 0.717) is 6.04 Å². The number of hydrogen-bond acceptors (Lipinski definition) is 1. The molecule has 0 N–H and O–H groups in total. The molecule has 2 rings (SSSR count). The summed E-state index contributed by atoms with van der Waals surface area (Å²) in [6.45, 7) is 1.99. The van der Waals surface area contributed by atoms with Crippen LogP contribution in [0.1, 0.15) is 31.2 Å². The van der Waals surface area contributed by atoms with Gasteiger partial charge < -0.3 is 0 Å². The van der Waals surface area contributed by atoms with Gasteiger partial charge in [0, 0.05) is 33.5 Å². The van der Waals surface area contributed by atoms with Gasteiger partial charge in [-0.15, -0.1) is 0 Å². The molecule has 100 valence electrons. The summed E-state index contributed by atoms with van der Waals surface area (Å²) in [7, 11) is 0. The summed E-state index contributed by atoms with van der Waals surface area (Å²) >= 11 is 16.1. The molecule has 0 bridgehead atoms. The third-order valence-corrected chi connectivity index (χ3v) is 5.06. The van der Waals surface area contributed by atoms with Gasteiger partial charge in [0.2, 0.25) is 0 Å². The molecule has 0 aliphatic carbocycles. The van der Waals surface area contributed by atoms with Crippen LogP contribution in [0, 0.1) is 0 Å². The van der Waals surface area contributed by atoms with Gasteiger partial charge in [0.1, 0.15) is 0 Å². The van der Waals surface area contributed by atoms with Crippen LogP contribution in [0.4, 0.5) is 0 Å². The maximum absolute atomic E-state index is 6.26.